The normalized spacial score (nSPS) is 9.74. The highest BCUT2D eigenvalue weighted by Gasteiger charge is 2.07. The minimum Gasteiger partial charge on any atom is -0.497 e. The molecule has 2 aromatic rings. The van der Waals surface area contributed by atoms with Crippen LogP contribution in [0.15, 0.2) is 47.4 Å². The van der Waals surface area contributed by atoms with Crippen molar-refractivity contribution in [3.63, 3.8) is 0 Å². The standard InChI is InChI=1S/C15H14N2OS/c1-18-12-6-3-5-11(9-12)17-14-7-4-8-15(19-2)13(14)10-16/h3-9,17H,1-2H3. The van der Waals surface area contributed by atoms with Crippen molar-refractivity contribution in [3.05, 3.63) is 48.0 Å². The van der Waals surface area contributed by atoms with E-state index in [1.54, 1.807) is 18.9 Å². The van der Waals surface area contributed by atoms with Crippen LogP contribution in [0, 0.1) is 11.3 Å². The number of ether oxygens (including phenoxy) is 1. The number of rotatable bonds is 4. The Morgan fingerprint density at radius 2 is 2.00 bits per heavy atom. The van der Waals surface area contributed by atoms with Crippen LogP contribution in [-0.2, 0) is 0 Å². The molecule has 0 aliphatic carbocycles. The fourth-order valence-corrected chi connectivity index (χ4v) is 2.35. The van der Waals surface area contributed by atoms with Crippen LogP contribution in [0.5, 0.6) is 5.75 Å². The molecule has 3 nitrogen and oxygen atoms in total. The highest BCUT2D eigenvalue weighted by atomic mass is 32.2. The molecule has 0 atom stereocenters. The Morgan fingerprint density at radius 1 is 1.21 bits per heavy atom. The summed E-state index contributed by atoms with van der Waals surface area (Å²) in [5.41, 5.74) is 2.37. The summed E-state index contributed by atoms with van der Waals surface area (Å²) in [6.07, 6.45) is 1.96. The molecule has 0 bridgehead atoms. The zero-order valence-electron chi connectivity index (χ0n) is 10.8. The van der Waals surface area contributed by atoms with Crippen molar-refractivity contribution in [2.24, 2.45) is 0 Å². The van der Waals surface area contributed by atoms with E-state index in [1.165, 1.54) is 0 Å². The Labute approximate surface area is 117 Å². The van der Waals surface area contributed by atoms with Crippen molar-refractivity contribution in [1.29, 1.82) is 5.26 Å². The van der Waals surface area contributed by atoms with Crippen LogP contribution >= 0.6 is 11.8 Å². The number of hydrogen-bond acceptors (Lipinski definition) is 4. The number of hydrogen-bond donors (Lipinski definition) is 1. The van der Waals surface area contributed by atoms with Crippen LogP contribution in [0.25, 0.3) is 0 Å². The van der Waals surface area contributed by atoms with Gasteiger partial charge < -0.3 is 10.1 Å². The van der Waals surface area contributed by atoms with Crippen molar-refractivity contribution in [2.45, 2.75) is 4.90 Å². The quantitative estimate of drug-likeness (QED) is 0.852. The highest BCUT2D eigenvalue weighted by Crippen LogP contribution is 2.29. The Hall–Kier alpha value is -2.12. The zero-order chi connectivity index (χ0) is 13.7. The summed E-state index contributed by atoms with van der Waals surface area (Å²) in [7, 11) is 1.63. The summed E-state index contributed by atoms with van der Waals surface area (Å²) in [5, 5.41) is 12.5. The molecule has 0 saturated heterocycles. The second-order valence-corrected chi connectivity index (χ2v) is 4.70. The first kappa shape index (κ1) is 13.3. The van der Waals surface area contributed by atoms with Gasteiger partial charge in [-0.05, 0) is 30.5 Å². The van der Waals surface area contributed by atoms with E-state index in [0.29, 0.717) is 5.56 Å². The van der Waals surface area contributed by atoms with Gasteiger partial charge >= 0.3 is 0 Å². The van der Waals surface area contributed by atoms with Gasteiger partial charge in [0.1, 0.15) is 11.8 Å². The van der Waals surface area contributed by atoms with E-state index in [9.17, 15) is 5.26 Å². The van der Waals surface area contributed by atoms with E-state index in [4.69, 9.17) is 4.74 Å². The molecule has 1 N–H and O–H groups in total. The number of nitrogens with one attached hydrogen (secondary N) is 1. The predicted molar refractivity (Wildman–Crippen MR) is 79.2 cm³/mol. The smallest absolute Gasteiger partial charge is 0.120 e. The lowest BCUT2D eigenvalue weighted by Crippen LogP contribution is -1.95. The van der Waals surface area contributed by atoms with E-state index in [2.05, 4.69) is 11.4 Å². The second-order valence-electron chi connectivity index (χ2n) is 3.85. The van der Waals surface area contributed by atoms with Crippen LogP contribution in [0.1, 0.15) is 5.56 Å². The maximum Gasteiger partial charge on any atom is 0.120 e. The third-order valence-corrected chi connectivity index (χ3v) is 3.49. The Morgan fingerprint density at radius 3 is 2.68 bits per heavy atom. The van der Waals surface area contributed by atoms with Gasteiger partial charge in [-0.15, -0.1) is 11.8 Å². The third-order valence-electron chi connectivity index (χ3n) is 2.71. The van der Waals surface area contributed by atoms with E-state index in [0.717, 1.165) is 22.0 Å². The lowest BCUT2D eigenvalue weighted by molar-refractivity contribution is 0.415. The second kappa shape index (κ2) is 6.17. The molecule has 0 aromatic heterocycles. The van der Waals surface area contributed by atoms with Gasteiger partial charge in [-0.25, -0.2) is 0 Å². The van der Waals surface area contributed by atoms with Crippen LogP contribution < -0.4 is 10.1 Å². The van der Waals surface area contributed by atoms with E-state index in [-0.39, 0.29) is 0 Å². The van der Waals surface area contributed by atoms with Gasteiger partial charge in [-0.3, -0.25) is 0 Å². The summed E-state index contributed by atoms with van der Waals surface area (Å²) in [6, 6.07) is 15.7. The van der Waals surface area contributed by atoms with Gasteiger partial charge in [-0.2, -0.15) is 5.26 Å². The maximum absolute atomic E-state index is 9.28. The first-order valence-electron chi connectivity index (χ1n) is 5.76. The predicted octanol–water partition coefficient (Wildman–Crippen LogP) is 4.03. The molecule has 0 spiro atoms. The molecule has 0 fully saturated rings. The van der Waals surface area contributed by atoms with E-state index < -0.39 is 0 Å². The minimum atomic E-state index is 0.665. The molecule has 0 radical (unpaired) electrons. The zero-order valence-corrected chi connectivity index (χ0v) is 11.6. The molecule has 19 heavy (non-hydrogen) atoms. The lowest BCUT2D eigenvalue weighted by Gasteiger charge is -2.11. The van der Waals surface area contributed by atoms with Crippen LogP contribution in [-0.4, -0.2) is 13.4 Å². The molecule has 0 heterocycles. The van der Waals surface area contributed by atoms with Crippen molar-refractivity contribution in [3.8, 4) is 11.8 Å². The number of nitrogens with zero attached hydrogens (tertiary/aromatic N) is 1. The van der Waals surface area contributed by atoms with E-state index in [1.807, 2.05) is 48.7 Å². The molecule has 0 amide bonds. The van der Waals surface area contributed by atoms with E-state index >= 15 is 0 Å². The summed E-state index contributed by atoms with van der Waals surface area (Å²) in [6.45, 7) is 0. The summed E-state index contributed by atoms with van der Waals surface area (Å²) >= 11 is 1.57. The highest BCUT2D eigenvalue weighted by molar-refractivity contribution is 7.98. The van der Waals surface area contributed by atoms with Gasteiger partial charge in [0.25, 0.3) is 0 Å². The average Bonchev–Trinajstić information content (AvgIpc) is 2.47. The number of methoxy groups -OCH3 is 1. The van der Waals surface area contributed by atoms with Gasteiger partial charge in [-0.1, -0.05) is 12.1 Å². The molecule has 0 unspecified atom stereocenters. The number of anilines is 2. The van der Waals surface area contributed by atoms with Crippen molar-refractivity contribution >= 4 is 23.1 Å². The summed E-state index contributed by atoms with van der Waals surface area (Å²) in [4.78, 5) is 0.968. The fourth-order valence-electron chi connectivity index (χ4n) is 1.78. The molecular formula is C15H14N2OS. The summed E-state index contributed by atoms with van der Waals surface area (Å²) < 4.78 is 5.18. The summed E-state index contributed by atoms with van der Waals surface area (Å²) in [5.74, 6) is 0.782. The first-order chi connectivity index (χ1) is 9.28. The number of nitriles is 1. The van der Waals surface area contributed by atoms with Crippen molar-refractivity contribution in [1.82, 2.24) is 0 Å². The first-order valence-corrected chi connectivity index (χ1v) is 6.99. The molecular weight excluding hydrogens is 256 g/mol. The van der Waals surface area contributed by atoms with Crippen molar-refractivity contribution < 1.29 is 4.74 Å². The topological polar surface area (TPSA) is 45.0 Å². The number of thioether (sulfide) groups is 1. The van der Waals surface area contributed by atoms with Crippen LogP contribution in [0.3, 0.4) is 0 Å². The van der Waals surface area contributed by atoms with Crippen LogP contribution in [0.4, 0.5) is 11.4 Å². The van der Waals surface area contributed by atoms with Gasteiger partial charge in [0, 0.05) is 16.6 Å². The largest absolute Gasteiger partial charge is 0.497 e. The SMILES string of the molecule is COc1cccc(Nc2cccc(SC)c2C#N)c1. The molecule has 4 heteroatoms. The molecule has 2 aromatic carbocycles. The number of benzene rings is 2. The molecule has 96 valence electrons. The van der Waals surface area contributed by atoms with Gasteiger partial charge in [0.2, 0.25) is 0 Å². The molecule has 0 aliphatic rings. The fraction of sp³-hybridized carbons (Fsp3) is 0.133. The lowest BCUT2D eigenvalue weighted by atomic mass is 10.2. The Balaban J connectivity index is 2.35. The van der Waals surface area contributed by atoms with Crippen LogP contribution in [0.2, 0.25) is 0 Å². The minimum absolute atomic E-state index is 0.665. The van der Waals surface area contributed by atoms with Gasteiger partial charge in [0.05, 0.1) is 18.4 Å². The average molecular weight is 270 g/mol. The maximum atomic E-state index is 9.28. The third kappa shape index (κ3) is 3.01. The Kier molecular flexibility index (Phi) is 4.32. The Bertz CT molecular complexity index is 620. The molecule has 0 aliphatic heterocycles. The van der Waals surface area contributed by atoms with Crippen molar-refractivity contribution in [2.75, 3.05) is 18.7 Å². The monoisotopic (exact) mass is 270 g/mol. The molecule has 0 saturated carbocycles. The molecule has 2 rings (SSSR count). The van der Waals surface area contributed by atoms with Gasteiger partial charge in [0.15, 0.2) is 0 Å².